The number of benzene rings is 1. The normalized spacial score (nSPS) is 25.1. The Morgan fingerprint density at radius 3 is 2.63 bits per heavy atom. The quantitative estimate of drug-likeness (QED) is 0.854. The maximum absolute atomic E-state index is 13.6. The second kappa shape index (κ2) is 8.70. The van der Waals surface area contributed by atoms with Gasteiger partial charge in [0.25, 0.3) is 5.91 Å². The summed E-state index contributed by atoms with van der Waals surface area (Å²) in [6.45, 7) is 7.27. The lowest BCUT2D eigenvalue weighted by Gasteiger charge is -2.38. The van der Waals surface area contributed by atoms with E-state index in [9.17, 15) is 14.3 Å². The molecule has 0 radical (unpaired) electrons. The van der Waals surface area contributed by atoms with Gasteiger partial charge in [0.2, 0.25) is 0 Å². The van der Waals surface area contributed by atoms with Gasteiger partial charge in [-0.05, 0) is 68.7 Å². The first-order valence-electron chi connectivity index (χ1n) is 10.4. The van der Waals surface area contributed by atoms with E-state index in [1.165, 1.54) is 6.07 Å². The monoisotopic (exact) mass is 376 g/mol. The minimum atomic E-state index is -0.883. The van der Waals surface area contributed by atoms with Crippen LogP contribution in [-0.4, -0.2) is 52.1 Å². The highest BCUT2D eigenvalue weighted by Gasteiger charge is 2.42. The van der Waals surface area contributed by atoms with Crippen LogP contribution in [0.1, 0.15) is 57.9 Å². The number of carbonyl (C=O) groups is 1. The molecule has 1 spiro atoms. The van der Waals surface area contributed by atoms with E-state index >= 15 is 0 Å². The molecule has 2 aliphatic heterocycles. The Kier molecular flexibility index (Phi) is 6.53. The average molecular weight is 377 g/mol. The molecule has 4 nitrogen and oxygen atoms in total. The summed E-state index contributed by atoms with van der Waals surface area (Å²) in [5, 5.41) is 10.2. The van der Waals surface area contributed by atoms with Crippen LogP contribution < -0.4 is 0 Å². The van der Waals surface area contributed by atoms with Gasteiger partial charge >= 0.3 is 0 Å². The fraction of sp³-hybridized carbons (Fsp3) is 0.682. The van der Waals surface area contributed by atoms with Gasteiger partial charge in [-0.3, -0.25) is 9.69 Å². The van der Waals surface area contributed by atoms with E-state index < -0.39 is 6.10 Å². The Balaban J connectivity index is 1.65. The number of nitrogens with zero attached hydrogens (tertiary/aromatic N) is 2. The van der Waals surface area contributed by atoms with Crippen LogP contribution in [0, 0.1) is 11.7 Å². The van der Waals surface area contributed by atoms with Gasteiger partial charge in [0.05, 0.1) is 0 Å². The summed E-state index contributed by atoms with van der Waals surface area (Å²) in [7, 11) is 0. The third-order valence-electron chi connectivity index (χ3n) is 6.21. The first-order chi connectivity index (χ1) is 12.9. The van der Waals surface area contributed by atoms with E-state index in [-0.39, 0.29) is 17.3 Å². The second-order valence-electron chi connectivity index (χ2n) is 8.70. The number of likely N-dealkylation sites (tertiary alicyclic amines) is 2. The summed E-state index contributed by atoms with van der Waals surface area (Å²) in [4.78, 5) is 17.0. The van der Waals surface area contributed by atoms with E-state index in [0.717, 1.165) is 57.3 Å². The molecule has 0 unspecified atom stereocenters. The van der Waals surface area contributed by atoms with Crippen LogP contribution in [0.3, 0.4) is 0 Å². The number of aliphatic hydroxyl groups excluding tert-OH is 1. The number of halogens is 1. The Morgan fingerprint density at radius 2 is 1.93 bits per heavy atom. The molecule has 0 saturated carbocycles. The molecule has 5 heteroatoms. The number of hydrogen-bond acceptors (Lipinski definition) is 3. The van der Waals surface area contributed by atoms with E-state index in [2.05, 4.69) is 4.90 Å². The lowest BCUT2D eigenvalue weighted by atomic mass is 9.87. The van der Waals surface area contributed by atoms with Gasteiger partial charge in [-0.15, -0.1) is 0 Å². The lowest BCUT2D eigenvalue weighted by molar-refractivity contribution is -0.141. The summed E-state index contributed by atoms with van der Waals surface area (Å²) in [5.41, 5.74) is 1.12. The molecule has 2 atom stereocenters. The molecule has 2 heterocycles. The van der Waals surface area contributed by atoms with E-state index in [4.69, 9.17) is 0 Å². The average Bonchev–Trinajstić information content (AvgIpc) is 2.85. The van der Waals surface area contributed by atoms with Crippen LogP contribution in [-0.2, 0) is 11.3 Å². The molecule has 1 aromatic carbocycles. The molecule has 150 valence electrons. The van der Waals surface area contributed by atoms with Crippen LogP contribution in [0.2, 0.25) is 0 Å². The van der Waals surface area contributed by atoms with Crippen LogP contribution >= 0.6 is 0 Å². The topological polar surface area (TPSA) is 43.8 Å². The third-order valence-corrected chi connectivity index (χ3v) is 6.21. The Morgan fingerprint density at radius 1 is 1.19 bits per heavy atom. The molecule has 0 bridgehead atoms. The summed E-state index contributed by atoms with van der Waals surface area (Å²) in [6.07, 6.45) is 4.88. The maximum atomic E-state index is 13.6. The standard InChI is InChI=1S/C22H33FN2O2/c1-17(2)14-20(26)21(27)24-11-4-8-22(10-13-24)9-5-12-25(22)16-18-6-3-7-19(23)15-18/h3,6-7,15,17,20,26H,4-5,8-14,16H2,1-2H3/t20-,22+/m0/s1. The van der Waals surface area contributed by atoms with Gasteiger partial charge < -0.3 is 10.0 Å². The van der Waals surface area contributed by atoms with Gasteiger partial charge in [0.15, 0.2) is 0 Å². The van der Waals surface area contributed by atoms with Crippen molar-refractivity contribution in [3.8, 4) is 0 Å². The third kappa shape index (κ3) is 4.88. The molecule has 3 rings (SSSR count). The van der Waals surface area contributed by atoms with Crippen molar-refractivity contribution >= 4 is 5.91 Å². The van der Waals surface area contributed by atoms with Crippen molar-refractivity contribution in [3.63, 3.8) is 0 Å². The number of carbonyl (C=O) groups excluding carboxylic acids is 1. The minimum absolute atomic E-state index is 0.102. The van der Waals surface area contributed by atoms with Gasteiger partial charge in [-0.25, -0.2) is 4.39 Å². The maximum Gasteiger partial charge on any atom is 0.251 e. The van der Waals surface area contributed by atoms with Crippen molar-refractivity contribution in [1.82, 2.24) is 9.80 Å². The smallest absolute Gasteiger partial charge is 0.251 e. The van der Waals surface area contributed by atoms with Crippen LogP contribution in [0.4, 0.5) is 4.39 Å². The van der Waals surface area contributed by atoms with Gasteiger partial charge in [0, 0.05) is 25.2 Å². The summed E-state index contributed by atoms with van der Waals surface area (Å²) < 4.78 is 13.6. The van der Waals surface area contributed by atoms with Crippen molar-refractivity contribution in [2.75, 3.05) is 19.6 Å². The predicted molar refractivity (Wildman–Crippen MR) is 105 cm³/mol. The van der Waals surface area contributed by atoms with Crippen molar-refractivity contribution in [2.24, 2.45) is 5.92 Å². The Hall–Kier alpha value is -1.46. The molecule has 0 aliphatic carbocycles. The molecule has 0 aromatic heterocycles. The molecule has 1 N–H and O–H groups in total. The highest BCUT2D eigenvalue weighted by atomic mass is 19.1. The SMILES string of the molecule is CC(C)C[C@H](O)C(=O)N1CCC[C@@]2(CCCN2Cc2cccc(F)c2)CC1. The zero-order valence-electron chi connectivity index (χ0n) is 16.7. The fourth-order valence-corrected chi connectivity index (χ4v) is 4.82. The van der Waals surface area contributed by atoms with Crippen molar-refractivity contribution in [2.45, 2.75) is 70.6 Å². The number of amides is 1. The highest BCUT2D eigenvalue weighted by molar-refractivity contribution is 5.80. The number of hydrogen-bond donors (Lipinski definition) is 1. The lowest BCUT2D eigenvalue weighted by Crippen LogP contribution is -2.45. The molecule has 2 aliphatic rings. The van der Waals surface area contributed by atoms with E-state index in [1.54, 1.807) is 12.1 Å². The highest BCUT2D eigenvalue weighted by Crippen LogP contribution is 2.39. The van der Waals surface area contributed by atoms with Crippen LogP contribution in [0.15, 0.2) is 24.3 Å². The van der Waals surface area contributed by atoms with Crippen molar-refractivity contribution in [1.29, 1.82) is 0 Å². The van der Waals surface area contributed by atoms with Gasteiger partial charge in [-0.2, -0.15) is 0 Å². The zero-order valence-corrected chi connectivity index (χ0v) is 16.7. The molecule has 1 aromatic rings. The van der Waals surface area contributed by atoms with Crippen LogP contribution in [0.25, 0.3) is 0 Å². The second-order valence-corrected chi connectivity index (χ2v) is 8.70. The number of rotatable bonds is 5. The largest absolute Gasteiger partial charge is 0.383 e. The Bertz CT molecular complexity index is 651. The molecular formula is C22H33FN2O2. The van der Waals surface area contributed by atoms with Crippen LogP contribution in [0.5, 0.6) is 0 Å². The molecule has 2 fully saturated rings. The van der Waals surface area contributed by atoms with E-state index in [0.29, 0.717) is 18.9 Å². The van der Waals surface area contributed by atoms with E-state index in [1.807, 2.05) is 24.8 Å². The summed E-state index contributed by atoms with van der Waals surface area (Å²) in [5.74, 6) is 0.00631. The van der Waals surface area contributed by atoms with Gasteiger partial charge in [0.1, 0.15) is 11.9 Å². The summed E-state index contributed by atoms with van der Waals surface area (Å²) in [6, 6.07) is 6.88. The number of aliphatic hydroxyl groups is 1. The summed E-state index contributed by atoms with van der Waals surface area (Å²) >= 11 is 0. The first-order valence-corrected chi connectivity index (χ1v) is 10.4. The Labute approximate surface area is 162 Å². The van der Waals surface area contributed by atoms with Crippen molar-refractivity contribution in [3.05, 3.63) is 35.6 Å². The molecule has 1 amide bonds. The fourth-order valence-electron chi connectivity index (χ4n) is 4.82. The first kappa shape index (κ1) is 20.3. The molecular weight excluding hydrogens is 343 g/mol. The van der Waals surface area contributed by atoms with Gasteiger partial charge in [-0.1, -0.05) is 26.0 Å². The molecule has 2 saturated heterocycles. The van der Waals surface area contributed by atoms with Crippen molar-refractivity contribution < 1.29 is 14.3 Å². The predicted octanol–water partition coefficient (Wildman–Crippen LogP) is 3.58. The zero-order chi connectivity index (χ0) is 19.4. The minimum Gasteiger partial charge on any atom is -0.383 e. The molecule has 27 heavy (non-hydrogen) atoms.